The standard InChI is InChI=1S/C11H13ClF3NO/c12-10-5-2-1-4-9(10)8-16-6-3-7-17-11(13,14)15/h1-2,4-5,16H,3,6-8H2. The first kappa shape index (κ1) is 14.3. The molecule has 0 aromatic heterocycles. The predicted molar refractivity (Wildman–Crippen MR) is 59.8 cm³/mol. The average Bonchev–Trinajstić information content (AvgIpc) is 2.24. The molecule has 1 aromatic carbocycles. The molecule has 0 aliphatic rings. The van der Waals surface area contributed by atoms with E-state index in [1.165, 1.54) is 0 Å². The lowest BCUT2D eigenvalue weighted by molar-refractivity contribution is -0.324. The second-order valence-corrected chi connectivity index (χ2v) is 3.82. The number of ether oxygens (including phenoxy) is 1. The van der Waals surface area contributed by atoms with Crippen LogP contribution in [0.15, 0.2) is 24.3 Å². The molecule has 0 heterocycles. The van der Waals surface area contributed by atoms with Crippen molar-refractivity contribution in [1.82, 2.24) is 5.32 Å². The van der Waals surface area contributed by atoms with E-state index in [1.807, 2.05) is 18.2 Å². The molecule has 6 heteroatoms. The summed E-state index contributed by atoms with van der Waals surface area (Å²) in [5.41, 5.74) is 0.922. The summed E-state index contributed by atoms with van der Waals surface area (Å²) in [5.74, 6) is 0. The SMILES string of the molecule is FC(F)(F)OCCCNCc1ccccc1Cl. The van der Waals surface area contributed by atoms with Gasteiger partial charge in [0.15, 0.2) is 0 Å². The number of alkyl halides is 3. The van der Waals surface area contributed by atoms with Gasteiger partial charge in [-0.2, -0.15) is 0 Å². The lowest BCUT2D eigenvalue weighted by Crippen LogP contribution is -2.20. The Bertz CT molecular complexity index is 344. The maximum atomic E-state index is 11.6. The highest BCUT2D eigenvalue weighted by atomic mass is 35.5. The van der Waals surface area contributed by atoms with Gasteiger partial charge in [-0.1, -0.05) is 29.8 Å². The molecular weight excluding hydrogens is 255 g/mol. The predicted octanol–water partition coefficient (Wildman–Crippen LogP) is 3.36. The molecule has 0 unspecified atom stereocenters. The van der Waals surface area contributed by atoms with Crippen LogP contribution < -0.4 is 5.32 Å². The first-order valence-electron chi connectivity index (χ1n) is 5.14. The van der Waals surface area contributed by atoms with Gasteiger partial charge in [-0.25, -0.2) is 0 Å². The van der Waals surface area contributed by atoms with Crippen molar-refractivity contribution in [2.75, 3.05) is 13.2 Å². The number of hydrogen-bond acceptors (Lipinski definition) is 2. The minimum atomic E-state index is -4.54. The summed E-state index contributed by atoms with van der Waals surface area (Å²) < 4.78 is 38.5. The smallest absolute Gasteiger partial charge is 0.313 e. The maximum Gasteiger partial charge on any atom is 0.522 e. The molecule has 0 aliphatic carbocycles. The van der Waals surface area contributed by atoms with Crippen molar-refractivity contribution in [1.29, 1.82) is 0 Å². The number of rotatable bonds is 6. The molecule has 1 N–H and O–H groups in total. The zero-order valence-corrected chi connectivity index (χ0v) is 9.81. The molecule has 1 aromatic rings. The normalized spacial score (nSPS) is 11.8. The summed E-state index contributed by atoms with van der Waals surface area (Å²) in [4.78, 5) is 0. The lowest BCUT2D eigenvalue weighted by atomic mass is 10.2. The van der Waals surface area contributed by atoms with Crippen LogP contribution in [0.4, 0.5) is 13.2 Å². The zero-order chi connectivity index (χ0) is 12.7. The highest BCUT2D eigenvalue weighted by Gasteiger charge is 2.28. The molecule has 96 valence electrons. The molecule has 0 bridgehead atoms. The van der Waals surface area contributed by atoms with E-state index in [2.05, 4.69) is 10.1 Å². The Morgan fingerprint density at radius 3 is 2.59 bits per heavy atom. The maximum absolute atomic E-state index is 11.6. The molecule has 0 saturated carbocycles. The molecule has 1 rings (SSSR count). The van der Waals surface area contributed by atoms with Gasteiger partial charge in [-0.05, 0) is 24.6 Å². The third-order valence-electron chi connectivity index (χ3n) is 2.04. The Hall–Kier alpha value is -0.780. The van der Waals surface area contributed by atoms with Gasteiger partial charge in [0.05, 0.1) is 6.61 Å². The van der Waals surface area contributed by atoms with Crippen LogP contribution in [0.2, 0.25) is 5.02 Å². The number of benzene rings is 1. The van der Waals surface area contributed by atoms with Gasteiger partial charge >= 0.3 is 6.36 Å². The quantitative estimate of drug-likeness (QED) is 0.798. The molecule has 0 saturated heterocycles. The van der Waals surface area contributed by atoms with E-state index >= 15 is 0 Å². The summed E-state index contributed by atoms with van der Waals surface area (Å²) in [6, 6.07) is 7.31. The molecule has 17 heavy (non-hydrogen) atoms. The highest BCUT2D eigenvalue weighted by Crippen LogP contribution is 2.16. The Balaban J connectivity index is 2.11. The Kier molecular flexibility index (Phi) is 5.74. The van der Waals surface area contributed by atoms with E-state index < -0.39 is 6.36 Å². The minimum absolute atomic E-state index is 0.296. The van der Waals surface area contributed by atoms with Crippen molar-refractivity contribution in [3.05, 3.63) is 34.9 Å². The molecule has 0 radical (unpaired) electrons. The molecule has 0 amide bonds. The molecule has 0 spiro atoms. The van der Waals surface area contributed by atoms with E-state index in [0.717, 1.165) is 5.56 Å². The van der Waals surface area contributed by atoms with Crippen molar-refractivity contribution in [3.8, 4) is 0 Å². The first-order chi connectivity index (χ1) is 7.99. The Morgan fingerprint density at radius 1 is 1.24 bits per heavy atom. The van der Waals surface area contributed by atoms with Gasteiger partial charge in [-0.15, -0.1) is 13.2 Å². The van der Waals surface area contributed by atoms with E-state index in [0.29, 0.717) is 24.5 Å². The third-order valence-corrected chi connectivity index (χ3v) is 2.41. The van der Waals surface area contributed by atoms with Crippen LogP contribution in [0.5, 0.6) is 0 Å². The van der Waals surface area contributed by atoms with Crippen molar-refractivity contribution in [3.63, 3.8) is 0 Å². The number of nitrogens with one attached hydrogen (secondary N) is 1. The molecule has 0 atom stereocenters. The largest absolute Gasteiger partial charge is 0.522 e. The van der Waals surface area contributed by atoms with E-state index in [4.69, 9.17) is 11.6 Å². The monoisotopic (exact) mass is 267 g/mol. The van der Waals surface area contributed by atoms with Gasteiger partial charge in [0.25, 0.3) is 0 Å². The number of halogens is 4. The second kappa shape index (κ2) is 6.83. The van der Waals surface area contributed by atoms with E-state index in [1.54, 1.807) is 6.07 Å². The van der Waals surface area contributed by atoms with E-state index in [-0.39, 0.29) is 6.61 Å². The Morgan fingerprint density at radius 2 is 1.94 bits per heavy atom. The van der Waals surface area contributed by atoms with Gasteiger partial charge in [-0.3, -0.25) is 4.74 Å². The second-order valence-electron chi connectivity index (χ2n) is 3.42. The van der Waals surface area contributed by atoms with Crippen molar-refractivity contribution in [2.45, 2.75) is 19.3 Å². The fourth-order valence-electron chi connectivity index (χ4n) is 1.25. The summed E-state index contributed by atoms with van der Waals surface area (Å²) in [5, 5.41) is 3.64. The lowest BCUT2D eigenvalue weighted by Gasteiger charge is -2.08. The van der Waals surface area contributed by atoms with Crippen LogP contribution in [-0.2, 0) is 11.3 Å². The highest BCUT2D eigenvalue weighted by molar-refractivity contribution is 6.31. The molecule has 0 aliphatic heterocycles. The summed E-state index contributed by atoms with van der Waals surface area (Å²) in [6.45, 7) is 0.645. The fraction of sp³-hybridized carbons (Fsp3) is 0.455. The summed E-state index contributed by atoms with van der Waals surface area (Å²) in [7, 11) is 0. The third kappa shape index (κ3) is 6.51. The van der Waals surface area contributed by atoms with Crippen LogP contribution in [0.1, 0.15) is 12.0 Å². The zero-order valence-electron chi connectivity index (χ0n) is 9.06. The minimum Gasteiger partial charge on any atom is -0.313 e. The van der Waals surface area contributed by atoms with Crippen molar-refractivity contribution in [2.24, 2.45) is 0 Å². The first-order valence-corrected chi connectivity index (χ1v) is 5.51. The van der Waals surface area contributed by atoms with Crippen LogP contribution in [0.3, 0.4) is 0 Å². The summed E-state index contributed by atoms with van der Waals surface area (Å²) in [6.07, 6.45) is -4.24. The van der Waals surface area contributed by atoms with Crippen molar-refractivity contribution >= 4 is 11.6 Å². The van der Waals surface area contributed by atoms with Crippen LogP contribution in [0.25, 0.3) is 0 Å². The van der Waals surface area contributed by atoms with E-state index in [9.17, 15) is 13.2 Å². The van der Waals surface area contributed by atoms with Crippen LogP contribution in [-0.4, -0.2) is 19.5 Å². The average molecular weight is 268 g/mol. The van der Waals surface area contributed by atoms with Gasteiger partial charge < -0.3 is 5.32 Å². The van der Waals surface area contributed by atoms with Gasteiger partial charge in [0.1, 0.15) is 0 Å². The Labute approximate surface area is 103 Å². The van der Waals surface area contributed by atoms with Crippen LogP contribution >= 0.6 is 11.6 Å². The van der Waals surface area contributed by atoms with Crippen LogP contribution in [0, 0.1) is 0 Å². The van der Waals surface area contributed by atoms with Crippen molar-refractivity contribution < 1.29 is 17.9 Å². The molecule has 0 fully saturated rings. The fourth-order valence-corrected chi connectivity index (χ4v) is 1.45. The topological polar surface area (TPSA) is 21.3 Å². The number of hydrogen-bond donors (Lipinski definition) is 1. The van der Waals surface area contributed by atoms with Gasteiger partial charge in [0, 0.05) is 11.6 Å². The summed E-state index contributed by atoms with van der Waals surface area (Å²) >= 11 is 5.91. The molecule has 2 nitrogen and oxygen atoms in total. The van der Waals surface area contributed by atoms with Gasteiger partial charge in [0.2, 0.25) is 0 Å². The molecular formula is C11H13ClF3NO.